The zero-order valence-corrected chi connectivity index (χ0v) is 13.3. The minimum absolute atomic E-state index is 0.244. The minimum Gasteiger partial charge on any atom is -0.444 e. The van der Waals surface area contributed by atoms with E-state index in [9.17, 15) is 13.2 Å². The monoisotopic (exact) mass is 304 g/mol. The van der Waals surface area contributed by atoms with E-state index in [0.29, 0.717) is 26.1 Å². The molecule has 0 bridgehead atoms. The second-order valence-corrected chi connectivity index (χ2v) is 8.70. The van der Waals surface area contributed by atoms with E-state index in [2.05, 4.69) is 0 Å². The van der Waals surface area contributed by atoms with Crippen LogP contribution in [-0.4, -0.2) is 60.7 Å². The maximum absolute atomic E-state index is 12.4. The third-order valence-electron chi connectivity index (χ3n) is 3.64. The number of ether oxygens (including phenoxy) is 1. The lowest BCUT2D eigenvalue weighted by Gasteiger charge is -2.25. The van der Waals surface area contributed by atoms with Gasteiger partial charge in [-0.25, -0.2) is 17.5 Å². The van der Waals surface area contributed by atoms with E-state index >= 15 is 0 Å². The molecule has 1 amide bonds. The fourth-order valence-electron chi connectivity index (χ4n) is 2.62. The normalized spacial score (nSPS) is 25.1. The molecule has 116 valence electrons. The third kappa shape index (κ3) is 3.44. The average Bonchev–Trinajstić information content (AvgIpc) is 2.99. The highest BCUT2D eigenvalue weighted by atomic mass is 32.2. The highest BCUT2D eigenvalue weighted by Gasteiger charge is 2.40. The van der Waals surface area contributed by atoms with Crippen molar-refractivity contribution in [2.75, 3.05) is 26.2 Å². The molecule has 0 aromatic rings. The molecular formula is C13H24N2O4S. The third-order valence-corrected chi connectivity index (χ3v) is 5.96. The van der Waals surface area contributed by atoms with Gasteiger partial charge in [0.1, 0.15) is 5.60 Å². The first kappa shape index (κ1) is 15.6. The van der Waals surface area contributed by atoms with Gasteiger partial charge < -0.3 is 9.64 Å². The van der Waals surface area contributed by atoms with Gasteiger partial charge in [0.25, 0.3) is 0 Å². The predicted octanol–water partition coefficient (Wildman–Crippen LogP) is 1.42. The number of carbonyl (C=O) groups excluding carboxylic acids is 1. The van der Waals surface area contributed by atoms with Gasteiger partial charge in [0, 0.05) is 26.2 Å². The summed E-state index contributed by atoms with van der Waals surface area (Å²) in [4.78, 5) is 13.5. The second-order valence-electron chi connectivity index (χ2n) is 6.49. The van der Waals surface area contributed by atoms with Crippen LogP contribution in [0, 0.1) is 0 Å². The summed E-state index contributed by atoms with van der Waals surface area (Å²) in [5.41, 5.74) is -0.553. The summed E-state index contributed by atoms with van der Waals surface area (Å²) in [6, 6.07) is 0. The Hall–Kier alpha value is -0.820. The van der Waals surface area contributed by atoms with Crippen molar-refractivity contribution in [3.8, 4) is 0 Å². The van der Waals surface area contributed by atoms with Crippen LogP contribution < -0.4 is 0 Å². The molecule has 0 spiro atoms. The molecule has 1 unspecified atom stereocenters. The molecule has 0 aromatic carbocycles. The Bertz CT molecular complexity index is 463. The van der Waals surface area contributed by atoms with Gasteiger partial charge in [0.2, 0.25) is 10.0 Å². The van der Waals surface area contributed by atoms with Crippen LogP contribution in [0.25, 0.3) is 0 Å². The van der Waals surface area contributed by atoms with Crippen LogP contribution in [0.5, 0.6) is 0 Å². The largest absolute Gasteiger partial charge is 0.444 e. The number of sulfonamides is 1. The number of carbonyl (C=O) groups is 1. The summed E-state index contributed by atoms with van der Waals surface area (Å²) < 4.78 is 31.7. The summed E-state index contributed by atoms with van der Waals surface area (Å²) in [6.07, 6.45) is 1.94. The summed E-state index contributed by atoms with van der Waals surface area (Å²) in [5.74, 6) is 0. The van der Waals surface area contributed by atoms with Crippen LogP contribution in [0.1, 0.15) is 40.0 Å². The van der Waals surface area contributed by atoms with Crippen LogP contribution in [0.3, 0.4) is 0 Å². The predicted molar refractivity (Wildman–Crippen MR) is 75.9 cm³/mol. The number of hydrogen-bond donors (Lipinski definition) is 0. The van der Waals surface area contributed by atoms with Crippen LogP contribution >= 0.6 is 0 Å². The number of hydrogen-bond acceptors (Lipinski definition) is 4. The molecule has 0 aromatic heterocycles. The first-order valence-corrected chi connectivity index (χ1v) is 8.67. The molecule has 1 atom stereocenters. The summed E-state index contributed by atoms with van der Waals surface area (Å²) in [5, 5.41) is -0.479. The Labute approximate surface area is 121 Å². The van der Waals surface area contributed by atoms with Crippen molar-refractivity contribution >= 4 is 16.1 Å². The first-order valence-electron chi connectivity index (χ1n) is 7.17. The van der Waals surface area contributed by atoms with Crippen molar-refractivity contribution in [1.29, 1.82) is 0 Å². The maximum Gasteiger partial charge on any atom is 0.410 e. The summed E-state index contributed by atoms with van der Waals surface area (Å²) in [7, 11) is -3.26. The second kappa shape index (κ2) is 5.52. The van der Waals surface area contributed by atoms with Gasteiger partial charge in [-0.15, -0.1) is 0 Å². The number of rotatable bonds is 2. The van der Waals surface area contributed by atoms with Gasteiger partial charge in [0.15, 0.2) is 0 Å². The summed E-state index contributed by atoms with van der Waals surface area (Å²) in [6.45, 7) is 7.34. The Balaban J connectivity index is 1.96. The van der Waals surface area contributed by atoms with Crippen LogP contribution in [0.2, 0.25) is 0 Å². The van der Waals surface area contributed by atoms with Crippen LogP contribution in [0.4, 0.5) is 4.79 Å². The highest BCUT2D eigenvalue weighted by molar-refractivity contribution is 7.89. The molecule has 0 radical (unpaired) electrons. The molecule has 0 N–H and O–H groups in total. The fraction of sp³-hybridized carbons (Fsp3) is 0.923. The molecule has 2 rings (SSSR count). The van der Waals surface area contributed by atoms with E-state index in [-0.39, 0.29) is 6.54 Å². The van der Waals surface area contributed by atoms with Gasteiger partial charge in [-0.3, -0.25) is 0 Å². The van der Waals surface area contributed by atoms with Crippen molar-refractivity contribution in [2.45, 2.75) is 50.9 Å². The molecule has 0 saturated carbocycles. The van der Waals surface area contributed by atoms with E-state index in [1.54, 1.807) is 25.1 Å². The smallest absolute Gasteiger partial charge is 0.410 e. The topological polar surface area (TPSA) is 66.9 Å². The van der Waals surface area contributed by atoms with Gasteiger partial charge >= 0.3 is 6.09 Å². The lowest BCUT2D eigenvalue weighted by Crippen LogP contribution is -2.40. The average molecular weight is 304 g/mol. The van der Waals surface area contributed by atoms with Gasteiger partial charge in [0.05, 0.1) is 5.25 Å². The molecule has 2 aliphatic heterocycles. The molecule has 2 aliphatic rings. The molecule has 6 nitrogen and oxygen atoms in total. The number of amides is 1. The number of nitrogens with zero attached hydrogens (tertiary/aromatic N) is 2. The van der Waals surface area contributed by atoms with E-state index in [0.717, 1.165) is 12.8 Å². The molecule has 2 fully saturated rings. The van der Waals surface area contributed by atoms with E-state index < -0.39 is 27.0 Å². The standard InChI is InChI=1S/C13H24N2O4S/c1-13(2,3)19-12(16)14-9-6-11(10-14)20(17,18)15-7-4-5-8-15/h11H,4-10H2,1-3H3. The quantitative estimate of drug-likeness (QED) is 0.774. The molecule has 2 heterocycles. The molecular weight excluding hydrogens is 280 g/mol. The van der Waals surface area contributed by atoms with Crippen LogP contribution in [-0.2, 0) is 14.8 Å². The molecule has 0 aliphatic carbocycles. The maximum atomic E-state index is 12.4. The Morgan fingerprint density at radius 2 is 1.75 bits per heavy atom. The van der Waals surface area contributed by atoms with Crippen molar-refractivity contribution in [3.63, 3.8) is 0 Å². The summed E-state index contributed by atoms with van der Waals surface area (Å²) >= 11 is 0. The fourth-order valence-corrected chi connectivity index (χ4v) is 4.58. The number of likely N-dealkylation sites (tertiary alicyclic amines) is 1. The van der Waals surface area contributed by atoms with Crippen molar-refractivity contribution in [3.05, 3.63) is 0 Å². The molecule has 7 heteroatoms. The van der Waals surface area contributed by atoms with Gasteiger partial charge in [-0.2, -0.15) is 0 Å². The zero-order chi connectivity index (χ0) is 15.0. The first-order chi connectivity index (χ1) is 9.20. The lowest BCUT2D eigenvalue weighted by molar-refractivity contribution is 0.0295. The lowest BCUT2D eigenvalue weighted by atomic mass is 10.2. The Kier molecular flexibility index (Phi) is 4.30. The molecule has 20 heavy (non-hydrogen) atoms. The van der Waals surface area contributed by atoms with E-state index in [1.807, 2.05) is 0 Å². The van der Waals surface area contributed by atoms with Crippen molar-refractivity contribution in [1.82, 2.24) is 9.21 Å². The zero-order valence-electron chi connectivity index (χ0n) is 12.5. The van der Waals surface area contributed by atoms with Gasteiger partial charge in [-0.05, 0) is 40.0 Å². The highest BCUT2D eigenvalue weighted by Crippen LogP contribution is 2.24. The van der Waals surface area contributed by atoms with E-state index in [4.69, 9.17) is 4.74 Å². The van der Waals surface area contributed by atoms with E-state index in [1.165, 1.54) is 4.90 Å². The van der Waals surface area contributed by atoms with Crippen molar-refractivity contribution < 1.29 is 17.9 Å². The Morgan fingerprint density at radius 3 is 2.30 bits per heavy atom. The van der Waals surface area contributed by atoms with Gasteiger partial charge in [-0.1, -0.05) is 0 Å². The van der Waals surface area contributed by atoms with Crippen molar-refractivity contribution in [2.24, 2.45) is 0 Å². The molecule has 2 saturated heterocycles. The minimum atomic E-state index is -3.26. The van der Waals surface area contributed by atoms with Crippen LogP contribution in [0.15, 0.2) is 0 Å². The Morgan fingerprint density at radius 1 is 1.15 bits per heavy atom. The SMILES string of the molecule is CC(C)(C)OC(=O)N1CCC(S(=O)(=O)N2CCCC2)C1.